The van der Waals surface area contributed by atoms with Crippen LogP contribution in [0.1, 0.15) is 60.3 Å². The van der Waals surface area contributed by atoms with Gasteiger partial charge < -0.3 is 15.4 Å². The number of nitrogens with zero attached hydrogens (tertiary/aromatic N) is 1. The second kappa shape index (κ2) is 10.0. The van der Waals surface area contributed by atoms with Crippen LogP contribution in [-0.2, 0) is 17.6 Å². The molecule has 2 aromatic rings. The fraction of sp³-hybridized carbons (Fsp3) is 0.520. The summed E-state index contributed by atoms with van der Waals surface area (Å²) < 4.78 is 5.39. The number of hydrogen-bond donors (Lipinski definition) is 2. The van der Waals surface area contributed by atoms with Crippen molar-refractivity contribution in [1.29, 1.82) is 0 Å². The molecular weight excluding hydrogens is 422 g/mol. The van der Waals surface area contributed by atoms with Gasteiger partial charge in [-0.05, 0) is 69.2 Å². The van der Waals surface area contributed by atoms with Crippen molar-refractivity contribution in [2.24, 2.45) is 5.92 Å². The van der Waals surface area contributed by atoms with Gasteiger partial charge in [-0.3, -0.25) is 14.5 Å². The second-order valence-electron chi connectivity index (χ2n) is 9.07. The number of ether oxygens (including phenoxy) is 1. The highest BCUT2D eigenvalue weighted by Gasteiger charge is 2.29. The zero-order valence-electron chi connectivity index (χ0n) is 19.2. The SMILES string of the molecule is COc1ccccc1NC(=O)c1c(NC(=O)CN2CCCC[C@@H]2C)sc2c1CC[C@H](C)C2. The Hall–Kier alpha value is -2.38. The number of benzene rings is 1. The predicted octanol–water partition coefficient (Wildman–Crippen LogP) is 4.95. The minimum absolute atomic E-state index is 0.0447. The largest absolute Gasteiger partial charge is 0.495 e. The molecule has 0 unspecified atom stereocenters. The minimum atomic E-state index is -0.191. The third-order valence-electron chi connectivity index (χ3n) is 6.63. The van der Waals surface area contributed by atoms with Crippen LogP contribution in [0.15, 0.2) is 24.3 Å². The first-order chi connectivity index (χ1) is 15.5. The summed E-state index contributed by atoms with van der Waals surface area (Å²) in [5, 5.41) is 6.77. The third kappa shape index (κ3) is 4.99. The molecule has 1 fully saturated rings. The molecule has 2 heterocycles. The molecule has 172 valence electrons. The highest BCUT2D eigenvalue weighted by atomic mass is 32.1. The van der Waals surface area contributed by atoms with Gasteiger partial charge in [0.15, 0.2) is 0 Å². The number of hydrogen-bond acceptors (Lipinski definition) is 5. The summed E-state index contributed by atoms with van der Waals surface area (Å²) in [5.41, 5.74) is 2.33. The number of carbonyl (C=O) groups is 2. The summed E-state index contributed by atoms with van der Waals surface area (Å²) in [6.45, 7) is 5.75. The molecular formula is C25H33N3O3S. The molecule has 1 aromatic heterocycles. The number of carbonyl (C=O) groups excluding carboxylic acids is 2. The molecule has 0 bridgehead atoms. The molecule has 7 heteroatoms. The Morgan fingerprint density at radius 2 is 1.97 bits per heavy atom. The van der Waals surface area contributed by atoms with E-state index >= 15 is 0 Å². The van der Waals surface area contributed by atoms with Crippen LogP contribution in [0.3, 0.4) is 0 Å². The van der Waals surface area contributed by atoms with Crippen LogP contribution in [-0.4, -0.2) is 43.0 Å². The lowest BCUT2D eigenvalue weighted by molar-refractivity contribution is -0.118. The lowest BCUT2D eigenvalue weighted by Crippen LogP contribution is -2.42. The van der Waals surface area contributed by atoms with Crippen molar-refractivity contribution in [3.8, 4) is 5.75 Å². The molecule has 1 aromatic carbocycles. The van der Waals surface area contributed by atoms with E-state index in [0.717, 1.165) is 44.2 Å². The number of anilines is 2. The fourth-order valence-corrected chi connectivity index (χ4v) is 6.18. The van der Waals surface area contributed by atoms with Gasteiger partial charge in [0, 0.05) is 10.9 Å². The molecule has 1 saturated heterocycles. The van der Waals surface area contributed by atoms with Crippen LogP contribution in [0.2, 0.25) is 0 Å². The number of fused-ring (bicyclic) bond motifs is 1. The maximum Gasteiger partial charge on any atom is 0.259 e. The lowest BCUT2D eigenvalue weighted by Gasteiger charge is -2.32. The number of thiophene rings is 1. The first-order valence-corrected chi connectivity index (χ1v) is 12.4. The van der Waals surface area contributed by atoms with E-state index in [9.17, 15) is 9.59 Å². The molecule has 2 aliphatic rings. The molecule has 2 N–H and O–H groups in total. The molecule has 1 aliphatic carbocycles. The molecule has 0 saturated carbocycles. The Morgan fingerprint density at radius 1 is 1.16 bits per heavy atom. The number of para-hydroxylation sites is 2. The average Bonchev–Trinajstić information content (AvgIpc) is 3.12. The Bertz CT molecular complexity index is 987. The number of nitrogens with one attached hydrogen (secondary N) is 2. The van der Waals surface area contributed by atoms with E-state index < -0.39 is 0 Å². The third-order valence-corrected chi connectivity index (χ3v) is 7.80. The topological polar surface area (TPSA) is 70.7 Å². The Labute approximate surface area is 194 Å². The van der Waals surface area contributed by atoms with Gasteiger partial charge in [0.1, 0.15) is 10.8 Å². The van der Waals surface area contributed by atoms with Gasteiger partial charge in [-0.15, -0.1) is 11.3 Å². The van der Waals surface area contributed by atoms with E-state index in [1.54, 1.807) is 18.4 Å². The van der Waals surface area contributed by atoms with Gasteiger partial charge in [-0.2, -0.15) is 0 Å². The van der Waals surface area contributed by atoms with Crippen LogP contribution in [0.4, 0.5) is 10.7 Å². The quantitative estimate of drug-likeness (QED) is 0.647. The van der Waals surface area contributed by atoms with Gasteiger partial charge in [0.2, 0.25) is 5.91 Å². The Kier molecular flexibility index (Phi) is 7.16. The second-order valence-corrected chi connectivity index (χ2v) is 10.2. The van der Waals surface area contributed by atoms with Gasteiger partial charge in [0.25, 0.3) is 5.91 Å². The van der Waals surface area contributed by atoms with Crippen molar-refractivity contribution < 1.29 is 14.3 Å². The van der Waals surface area contributed by atoms with Crippen LogP contribution in [0.25, 0.3) is 0 Å². The summed E-state index contributed by atoms with van der Waals surface area (Å²) in [6.07, 6.45) is 6.36. The monoisotopic (exact) mass is 455 g/mol. The first-order valence-electron chi connectivity index (χ1n) is 11.6. The maximum absolute atomic E-state index is 13.4. The Morgan fingerprint density at radius 3 is 2.75 bits per heavy atom. The van der Waals surface area contributed by atoms with Gasteiger partial charge in [-0.25, -0.2) is 0 Å². The van der Waals surface area contributed by atoms with Crippen molar-refractivity contribution in [2.75, 3.05) is 30.8 Å². The van der Waals surface area contributed by atoms with Crippen molar-refractivity contribution in [1.82, 2.24) is 4.90 Å². The number of methoxy groups -OCH3 is 1. The zero-order chi connectivity index (χ0) is 22.7. The fourth-order valence-electron chi connectivity index (χ4n) is 4.75. The van der Waals surface area contributed by atoms with Crippen LogP contribution < -0.4 is 15.4 Å². The predicted molar refractivity (Wildman–Crippen MR) is 130 cm³/mol. The average molecular weight is 456 g/mol. The maximum atomic E-state index is 13.4. The van der Waals surface area contributed by atoms with Gasteiger partial charge >= 0.3 is 0 Å². The molecule has 0 spiro atoms. The van der Waals surface area contributed by atoms with Crippen LogP contribution >= 0.6 is 11.3 Å². The molecule has 4 rings (SSSR count). The van der Waals surface area contributed by atoms with E-state index in [2.05, 4.69) is 29.4 Å². The van der Waals surface area contributed by atoms with Crippen molar-refractivity contribution in [2.45, 2.75) is 58.4 Å². The normalized spacial score (nSPS) is 21.0. The van der Waals surface area contributed by atoms with Crippen LogP contribution in [0.5, 0.6) is 5.75 Å². The smallest absolute Gasteiger partial charge is 0.259 e. The number of likely N-dealkylation sites (tertiary alicyclic amines) is 1. The highest BCUT2D eigenvalue weighted by Crippen LogP contribution is 2.40. The zero-order valence-corrected chi connectivity index (χ0v) is 20.0. The summed E-state index contributed by atoms with van der Waals surface area (Å²) in [4.78, 5) is 29.8. The minimum Gasteiger partial charge on any atom is -0.495 e. The lowest BCUT2D eigenvalue weighted by atomic mass is 9.88. The van der Waals surface area contributed by atoms with Gasteiger partial charge in [0.05, 0.1) is 24.9 Å². The highest BCUT2D eigenvalue weighted by molar-refractivity contribution is 7.17. The summed E-state index contributed by atoms with van der Waals surface area (Å²) >= 11 is 1.56. The number of piperidine rings is 1. The van der Waals surface area contributed by atoms with E-state index in [-0.39, 0.29) is 11.8 Å². The summed E-state index contributed by atoms with van der Waals surface area (Å²) in [7, 11) is 1.59. The van der Waals surface area contributed by atoms with E-state index in [4.69, 9.17) is 4.74 Å². The van der Waals surface area contributed by atoms with Crippen molar-refractivity contribution in [3.63, 3.8) is 0 Å². The molecule has 0 radical (unpaired) electrons. The molecule has 1 aliphatic heterocycles. The molecule has 6 nitrogen and oxygen atoms in total. The summed E-state index contributed by atoms with van der Waals surface area (Å²) in [6, 6.07) is 7.80. The molecule has 2 atom stereocenters. The Balaban J connectivity index is 1.58. The van der Waals surface area contributed by atoms with Crippen molar-refractivity contribution in [3.05, 3.63) is 40.3 Å². The van der Waals surface area contributed by atoms with Gasteiger partial charge in [-0.1, -0.05) is 25.5 Å². The van der Waals surface area contributed by atoms with Crippen LogP contribution in [0, 0.1) is 5.92 Å². The van der Waals surface area contributed by atoms with E-state index in [1.807, 2.05) is 24.3 Å². The number of amides is 2. The molecule has 2 amide bonds. The number of rotatable bonds is 6. The van der Waals surface area contributed by atoms with Crippen molar-refractivity contribution >= 4 is 33.8 Å². The van der Waals surface area contributed by atoms with E-state index in [0.29, 0.717) is 40.5 Å². The molecule has 32 heavy (non-hydrogen) atoms. The summed E-state index contributed by atoms with van der Waals surface area (Å²) in [5.74, 6) is 0.965. The first kappa shape index (κ1) is 22.8. The standard InChI is InChI=1S/C25H33N3O3S/c1-16-11-12-18-21(14-16)32-25(27-22(29)15-28-13-7-6-8-17(28)2)23(18)24(30)26-19-9-4-5-10-20(19)31-3/h4-5,9-10,16-17H,6-8,11-15H2,1-3H3,(H,26,30)(H,27,29)/t16-,17-/m0/s1. The van der Waals surface area contributed by atoms with E-state index in [1.165, 1.54) is 11.3 Å².